The topological polar surface area (TPSA) is 28.4 Å². The molecule has 5 heteroatoms. The van der Waals surface area contributed by atoms with Crippen LogP contribution in [0.2, 0.25) is 0 Å². The van der Waals surface area contributed by atoms with Crippen LogP contribution in [-0.2, 0) is 10.8 Å². The van der Waals surface area contributed by atoms with E-state index in [1.165, 1.54) is 77.7 Å². The molecule has 2 atom stereocenters. The minimum Gasteiger partial charge on any atom is -0.465 e. The van der Waals surface area contributed by atoms with Gasteiger partial charge in [0.25, 0.3) is 0 Å². The average Bonchev–Trinajstić information content (AvgIpc) is 3.82. The van der Waals surface area contributed by atoms with Gasteiger partial charge in [0.15, 0.2) is 7.28 Å². The summed E-state index contributed by atoms with van der Waals surface area (Å²) in [4.78, 5) is 2.69. The standard InChI is InChI=1S/C58H74BN2OS/c1-15-56(9,10)44-33-47(59-48-35-62-51-34-46-45(31-43(48)51)57(11,12)25-26-58(46,13)14)50(32-42(44)37(4)5)61(49-21-18-23-53-54(49)41-20-16-17-22-52(41)63-53)40-29-38(36(2)3)28-39(30-40)60-27-19-24-55(6,7)8/h16-23,27,29-31,33-37,39,42,60H,15,24-26,28,32H2,1-14H3/b27-19+. The van der Waals surface area contributed by atoms with Crippen molar-refractivity contribution in [1.82, 2.24) is 5.32 Å². The molecule has 3 aliphatic carbocycles. The van der Waals surface area contributed by atoms with E-state index >= 15 is 0 Å². The normalized spacial score (nSPS) is 20.5. The summed E-state index contributed by atoms with van der Waals surface area (Å²) in [6.45, 7) is 33.5. The van der Waals surface area contributed by atoms with Crippen molar-refractivity contribution in [2.24, 2.45) is 28.6 Å². The molecule has 1 N–H and O–H groups in total. The molecule has 3 aliphatic rings. The molecule has 63 heavy (non-hydrogen) atoms. The number of furan rings is 1. The maximum absolute atomic E-state index is 6.58. The van der Waals surface area contributed by atoms with E-state index in [0.717, 1.165) is 36.7 Å². The number of nitrogens with one attached hydrogen (secondary N) is 1. The van der Waals surface area contributed by atoms with Gasteiger partial charge in [-0.05, 0) is 143 Å². The van der Waals surface area contributed by atoms with Crippen molar-refractivity contribution in [3.63, 3.8) is 0 Å². The molecule has 0 bridgehead atoms. The molecule has 0 spiro atoms. The molecule has 0 saturated heterocycles. The number of hydrogen-bond acceptors (Lipinski definition) is 4. The summed E-state index contributed by atoms with van der Waals surface area (Å²) >= 11 is 1.91. The Morgan fingerprint density at radius 3 is 2.25 bits per heavy atom. The molecule has 2 heterocycles. The van der Waals surface area contributed by atoms with E-state index in [0.29, 0.717) is 17.8 Å². The van der Waals surface area contributed by atoms with Gasteiger partial charge in [-0.25, -0.2) is 0 Å². The zero-order valence-corrected chi connectivity index (χ0v) is 41.9. The van der Waals surface area contributed by atoms with Gasteiger partial charge in [-0.2, -0.15) is 0 Å². The number of hydrogen-bond donors (Lipinski definition) is 1. The van der Waals surface area contributed by atoms with Crippen LogP contribution in [0, 0.1) is 28.6 Å². The van der Waals surface area contributed by atoms with Gasteiger partial charge in [0.1, 0.15) is 5.58 Å². The molecule has 0 aliphatic heterocycles. The number of thiophene rings is 1. The molecule has 331 valence electrons. The Morgan fingerprint density at radius 1 is 0.873 bits per heavy atom. The molecular weight excluding hydrogens is 784 g/mol. The molecule has 3 nitrogen and oxygen atoms in total. The van der Waals surface area contributed by atoms with Crippen molar-refractivity contribution in [2.45, 2.75) is 152 Å². The van der Waals surface area contributed by atoms with Crippen molar-refractivity contribution < 1.29 is 4.42 Å². The van der Waals surface area contributed by atoms with Crippen molar-refractivity contribution in [3.8, 4) is 0 Å². The van der Waals surface area contributed by atoms with E-state index in [1.807, 2.05) is 17.6 Å². The second kappa shape index (κ2) is 17.0. The predicted molar refractivity (Wildman–Crippen MR) is 277 cm³/mol. The minimum atomic E-state index is 0.0460. The third kappa shape index (κ3) is 8.95. The Bertz CT molecular complexity index is 2680. The lowest BCUT2D eigenvalue weighted by molar-refractivity contribution is 0.317. The molecule has 1 radical (unpaired) electrons. The molecule has 0 amide bonds. The second-order valence-electron chi connectivity index (χ2n) is 23.0. The highest BCUT2D eigenvalue weighted by Crippen LogP contribution is 2.50. The van der Waals surface area contributed by atoms with Gasteiger partial charge in [-0.1, -0.05) is 150 Å². The van der Waals surface area contributed by atoms with E-state index in [4.69, 9.17) is 4.42 Å². The molecule has 8 rings (SSSR count). The maximum Gasteiger partial charge on any atom is 0.198 e. The molecule has 0 saturated carbocycles. The van der Waals surface area contributed by atoms with Crippen LogP contribution in [-0.4, -0.2) is 13.3 Å². The number of nitrogens with zero attached hydrogens (tertiary/aromatic N) is 1. The summed E-state index contributed by atoms with van der Waals surface area (Å²) in [5.74, 6) is 1.27. The van der Waals surface area contributed by atoms with Gasteiger partial charge >= 0.3 is 0 Å². The first-order valence-corrected chi connectivity index (χ1v) is 24.9. The zero-order chi connectivity index (χ0) is 45.2. The number of rotatable bonds is 12. The highest BCUT2D eigenvalue weighted by atomic mass is 32.1. The first kappa shape index (κ1) is 45.4. The van der Waals surface area contributed by atoms with Crippen LogP contribution in [0.1, 0.15) is 147 Å². The van der Waals surface area contributed by atoms with Gasteiger partial charge in [-0.15, -0.1) is 11.3 Å². The third-order valence-corrected chi connectivity index (χ3v) is 16.2. The maximum atomic E-state index is 6.58. The van der Waals surface area contributed by atoms with E-state index in [1.54, 1.807) is 5.57 Å². The van der Waals surface area contributed by atoms with E-state index in [-0.39, 0.29) is 27.7 Å². The van der Waals surface area contributed by atoms with Crippen LogP contribution < -0.4 is 15.7 Å². The number of allylic oxidation sites excluding steroid dienone is 6. The lowest BCUT2D eigenvalue weighted by Crippen LogP contribution is -2.36. The summed E-state index contributed by atoms with van der Waals surface area (Å²) in [6.07, 6.45) is 20.6. The smallest absolute Gasteiger partial charge is 0.198 e. The van der Waals surface area contributed by atoms with E-state index in [9.17, 15) is 0 Å². The first-order chi connectivity index (χ1) is 29.7. The number of anilines is 1. The van der Waals surface area contributed by atoms with Crippen molar-refractivity contribution in [3.05, 3.63) is 131 Å². The van der Waals surface area contributed by atoms with Crippen LogP contribution >= 0.6 is 11.3 Å². The van der Waals surface area contributed by atoms with E-state index < -0.39 is 0 Å². The fourth-order valence-corrected chi connectivity index (χ4v) is 11.6. The Hall–Kier alpha value is -4.22. The van der Waals surface area contributed by atoms with Gasteiger partial charge in [0, 0.05) is 43.0 Å². The minimum absolute atomic E-state index is 0.0460. The summed E-state index contributed by atoms with van der Waals surface area (Å²) in [6, 6.07) is 21.0. The Morgan fingerprint density at radius 2 is 1.57 bits per heavy atom. The highest BCUT2D eigenvalue weighted by molar-refractivity contribution is 7.26. The monoisotopic (exact) mass is 858 g/mol. The molecule has 2 unspecified atom stereocenters. The van der Waals surface area contributed by atoms with Crippen LogP contribution in [0.15, 0.2) is 124 Å². The van der Waals surface area contributed by atoms with Gasteiger partial charge in [0.2, 0.25) is 0 Å². The van der Waals surface area contributed by atoms with Crippen LogP contribution in [0.25, 0.3) is 31.1 Å². The lowest BCUT2D eigenvalue weighted by Gasteiger charge is -2.43. The highest BCUT2D eigenvalue weighted by Gasteiger charge is 2.40. The summed E-state index contributed by atoms with van der Waals surface area (Å²) in [5, 5.41) is 7.75. The fraction of sp³-hybridized carbons (Fsp3) is 0.483. The molecule has 3 aromatic carbocycles. The summed E-state index contributed by atoms with van der Waals surface area (Å²) < 4.78 is 9.24. The second-order valence-corrected chi connectivity index (χ2v) is 24.1. The third-order valence-electron chi connectivity index (χ3n) is 15.0. The zero-order valence-electron chi connectivity index (χ0n) is 41.1. The lowest BCUT2D eigenvalue weighted by atomic mass is 9.56. The molecule has 0 fully saturated rings. The molecule has 5 aromatic rings. The Labute approximate surface area is 385 Å². The van der Waals surface area contributed by atoms with Gasteiger partial charge < -0.3 is 14.6 Å². The Balaban J connectivity index is 1.40. The van der Waals surface area contributed by atoms with Gasteiger partial charge in [0.05, 0.1) is 12.0 Å². The quantitative estimate of drug-likeness (QED) is 0.127. The fourth-order valence-electron chi connectivity index (χ4n) is 10.5. The summed E-state index contributed by atoms with van der Waals surface area (Å²) in [7, 11) is 2.48. The average molecular weight is 858 g/mol. The van der Waals surface area contributed by atoms with Crippen molar-refractivity contribution in [2.75, 3.05) is 4.90 Å². The first-order valence-electron chi connectivity index (χ1n) is 24.1. The van der Waals surface area contributed by atoms with Gasteiger partial charge in [-0.3, -0.25) is 0 Å². The van der Waals surface area contributed by atoms with Crippen LogP contribution in [0.5, 0.6) is 0 Å². The van der Waals surface area contributed by atoms with Crippen molar-refractivity contribution in [1.29, 1.82) is 0 Å². The number of fused-ring (bicyclic) bond motifs is 5. The van der Waals surface area contributed by atoms with E-state index in [2.05, 4.69) is 200 Å². The largest absolute Gasteiger partial charge is 0.465 e. The number of benzene rings is 3. The SMILES string of the molecule is CCC(C)(C)C1=CC([B]c2coc3cc4c(cc23)C(C)(C)CCC4(C)C)=C(N(C2=CC(N/C=C/CC(C)(C)C)CC(C(C)C)=C2)c2cccc3sc4ccccc4c23)CC1C(C)C. The Kier molecular flexibility index (Phi) is 12.2. The molecule has 2 aromatic heterocycles. The van der Waals surface area contributed by atoms with Crippen LogP contribution in [0.4, 0.5) is 5.69 Å². The predicted octanol–water partition coefficient (Wildman–Crippen LogP) is 16.0. The summed E-state index contributed by atoms with van der Waals surface area (Å²) in [5.41, 5.74) is 13.7. The van der Waals surface area contributed by atoms with Crippen LogP contribution in [0.3, 0.4) is 0 Å². The molecular formula is C58H74BN2OS. The van der Waals surface area contributed by atoms with Crippen molar-refractivity contribution >= 4 is 60.9 Å².